The molecule has 0 saturated carbocycles. The lowest BCUT2D eigenvalue weighted by molar-refractivity contribution is -0.136. The first-order chi connectivity index (χ1) is 12.6. The third-order valence-electron chi connectivity index (χ3n) is 3.55. The number of halogens is 1. The number of carbonyl (C=O) groups is 2. The van der Waals surface area contributed by atoms with Crippen molar-refractivity contribution in [1.82, 2.24) is 0 Å². The third-order valence-corrected chi connectivity index (χ3v) is 3.55. The number of benzene rings is 3. The fourth-order valence-corrected chi connectivity index (χ4v) is 2.26. The standard InChI is InChI=1S/C21H15FO4/c22-17-10-6-15(7-11-17)21(24)16-8-12-19(13-9-16)26-20(23)14-25-18-4-2-1-3-5-18/h1-13H,14H2. The lowest BCUT2D eigenvalue weighted by Crippen LogP contribution is -2.17. The van der Waals surface area contributed by atoms with Gasteiger partial charge in [-0.15, -0.1) is 0 Å². The van der Waals surface area contributed by atoms with E-state index in [0.717, 1.165) is 0 Å². The summed E-state index contributed by atoms with van der Waals surface area (Å²) in [5.74, 6) is -0.310. The van der Waals surface area contributed by atoms with Crippen molar-refractivity contribution in [2.75, 3.05) is 6.61 Å². The van der Waals surface area contributed by atoms with E-state index in [1.807, 2.05) is 6.07 Å². The van der Waals surface area contributed by atoms with Gasteiger partial charge in [0.1, 0.15) is 17.3 Å². The van der Waals surface area contributed by atoms with Crippen LogP contribution in [0, 0.1) is 5.82 Å². The van der Waals surface area contributed by atoms with Gasteiger partial charge in [0, 0.05) is 11.1 Å². The molecule has 3 aromatic rings. The summed E-state index contributed by atoms with van der Waals surface area (Å²) in [6.07, 6.45) is 0. The van der Waals surface area contributed by atoms with E-state index in [1.54, 1.807) is 36.4 Å². The van der Waals surface area contributed by atoms with Crippen molar-refractivity contribution in [2.24, 2.45) is 0 Å². The number of hydrogen-bond donors (Lipinski definition) is 0. The minimum atomic E-state index is -0.550. The van der Waals surface area contributed by atoms with Crippen LogP contribution in [0.2, 0.25) is 0 Å². The molecule has 0 saturated heterocycles. The molecule has 0 atom stereocenters. The third kappa shape index (κ3) is 4.54. The number of ether oxygens (including phenoxy) is 2. The first kappa shape index (κ1) is 17.4. The molecule has 0 fully saturated rings. The van der Waals surface area contributed by atoms with Gasteiger partial charge in [-0.1, -0.05) is 18.2 Å². The van der Waals surface area contributed by atoms with Crippen molar-refractivity contribution < 1.29 is 23.5 Å². The summed E-state index contributed by atoms with van der Waals surface area (Å²) in [5.41, 5.74) is 0.796. The quantitative estimate of drug-likeness (QED) is 0.382. The van der Waals surface area contributed by atoms with E-state index in [4.69, 9.17) is 9.47 Å². The monoisotopic (exact) mass is 350 g/mol. The van der Waals surface area contributed by atoms with Crippen LogP contribution in [0.25, 0.3) is 0 Å². The number of para-hydroxylation sites is 1. The Kier molecular flexibility index (Phi) is 5.39. The first-order valence-electron chi connectivity index (χ1n) is 7.91. The average Bonchev–Trinajstić information content (AvgIpc) is 2.68. The van der Waals surface area contributed by atoms with Gasteiger partial charge >= 0.3 is 5.97 Å². The maximum absolute atomic E-state index is 12.9. The molecule has 3 aromatic carbocycles. The van der Waals surface area contributed by atoms with Crippen LogP contribution in [0.4, 0.5) is 4.39 Å². The van der Waals surface area contributed by atoms with Crippen LogP contribution in [0.15, 0.2) is 78.9 Å². The van der Waals surface area contributed by atoms with Crippen molar-refractivity contribution in [1.29, 1.82) is 0 Å². The Balaban J connectivity index is 1.58. The Morgan fingerprint density at radius 1 is 0.731 bits per heavy atom. The molecular formula is C21H15FO4. The van der Waals surface area contributed by atoms with E-state index >= 15 is 0 Å². The maximum Gasteiger partial charge on any atom is 0.349 e. The lowest BCUT2D eigenvalue weighted by Gasteiger charge is -2.07. The normalized spacial score (nSPS) is 10.2. The van der Waals surface area contributed by atoms with Crippen LogP contribution in [0.5, 0.6) is 11.5 Å². The van der Waals surface area contributed by atoms with Gasteiger partial charge in [0.05, 0.1) is 0 Å². The minimum absolute atomic E-state index is 0.222. The highest BCUT2D eigenvalue weighted by Crippen LogP contribution is 2.16. The fraction of sp³-hybridized carbons (Fsp3) is 0.0476. The number of rotatable bonds is 6. The van der Waals surface area contributed by atoms with Gasteiger partial charge in [-0.05, 0) is 60.7 Å². The van der Waals surface area contributed by atoms with Gasteiger partial charge < -0.3 is 9.47 Å². The van der Waals surface area contributed by atoms with E-state index in [9.17, 15) is 14.0 Å². The molecule has 5 heteroatoms. The second-order valence-corrected chi connectivity index (χ2v) is 5.44. The molecule has 130 valence electrons. The number of esters is 1. The molecule has 0 spiro atoms. The van der Waals surface area contributed by atoms with Crippen LogP contribution in [-0.4, -0.2) is 18.4 Å². The van der Waals surface area contributed by atoms with Crippen LogP contribution < -0.4 is 9.47 Å². The Morgan fingerprint density at radius 3 is 1.92 bits per heavy atom. The summed E-state index contributed by atoms with van der Waals surface area (Å²) >= 11 is 0. The topological polar surface area (TPSA) is 52.6 Å². The maximum atomic E-state index is 12.9. The van der Waals surface area contributed by atoms with Crippen LogP contribution >= 0.6 is 0 Å². The molecule has 0 heterocycles. The van der Waals surface area contributed by atoms with Crippen molar-refractivity contribution in [3.63, 3.8) is 0 Å². The SMILES string of the molecule is O=C(COc1ccccc1)Oc1ccc(C(=O)c2ccc(F)cc2)cc1. The molecule has 0 aromatic heterocycles. The lowest BCUT2D eigenvalue weighted by atomic mass is 10.0. The number of ketones is 1. The fourth-order valence-electron chi connectivity index (χ4n) is 2.26. The molecule has 0 N–H and O–H groups in total. The predicted molar refractivity (Wildman–Crippen MR) is 93.8 cm³/mol. The molecule has 0 amide bonds. The van der Waals surface area contributed by atoms with Gasteiger partial charge in [0.15, 0.2) is 12.4 Å². The van der Waals surface area contributed by atoms with Gasteiger partial charge in [-0.25, -0.2) is 9.18 Å². The number of hydrogen-bond acceptors (Lipinski definition) is 4. The van der Waals surface area contributed by atoms with Crippen LogP contribution in [0.1, 0.15) is 15.9 Å². The Hall–Kier alpha value is -3.47. The second-order valence-electron chi connectivity index (χ2n) is 5.44. The Bertz CT molecular complexity index is 888. The van der Waals surface area contributed by atoms with Crippen molar-refractivity contribution in [3.05, 3.63) is 95.8 Å². The Morgan fingerprint density at radius 2 is 1.31 bits per heavy atom. The molecule has 0 radical (unpaired) electrons. The van der Waals surface area contributed by atoms with Crippen molar-refractivity contribution >= 4 is 11.8 Å². The van der Waals surface area contributed by atoms with Crippen molar-refractivity contribution in [2.45, 2.75) is 0 Å². The molecule has 3 rings (SSSR count). The van der Waals surface area contributed by atoms with Gasteiger partial charge in [-0.3, -0.25) is 4.79 Å². The highest BCUT2D eigenvalue weighted by atomic mass is 19.1. The summed E-state index contributed by atoms with van der Waals surface area (Å²) in [7, 11) is 0. The molecule has 26 heavy (non-hydrogen) atoms. The minimum Gasteiger partial charge on any atom is -0.482 e. The molecule has 0 aliphatic carbocycles. The van der Waals surface area contributed by atoms with E-state index < -0.39 is 11.8 Å². The zero-order chi connectivity index (χ0) is 18.4. The highest BCUT2D eigenvalue weighted by Gasteiger charge is 2.11. The van der Waals surface area contributed by atoms with Crippen LogP contribution in [0.3, 0.4) is 0 Å². The average molecular weight is 350 g/mol. The smallest absolute Gasteiger partial charge is 0.349 e. The summed E-state index contributed by atoms with van der Waals surface area (Å²) in [4.78, 5) is 24.1. The molecule has 4 nitrogen and oxygen atoms in total. The summed E-state index contributed by atoms with van der Waals surface area (Å²) in [6.45, 7) is -0.222. The Labute approximate surface area is 149 Å². The predicted octanol–water partition coefficient (Wildman–Crippen LogP) is 4.04. The van der Waals surface area contributed by atoms with Crippen LogP contribution in [-0.2, 0) is 4.79 Å². The van der Waals surface area contributed by atoms with E-state index in [1.165, 1.54) is 36.4 Å². The molecule has 0 aliphatic rings. The molecule has 0 aliphatic heterocycles. The van der Waals surface area contributed by atoms with E-state index in [0.29, 0.717) is 22.6 Å². The van der Waals surface area contributed by atoms with E-state index in [-0.39, 0.29) is 12.4 Å². The second kappa shape index (κ2) is 8.07. The first-order valence-corrected chi connectivity index (χ1v) is 7.91. The molecule has 0 bridgehead atoms. The zero-order valence-corrected chi connectivity index (χ0v) is 13.7. The van der Waals surface area contributed by atoms with Gasteiger partial charge in [0.25, 0.3) is 0 Å². The van der Waals surface area contributed by atoms with Crippen molar-refractivity contribution in [3.8, 4) is 11.5 Å². The molecular weight excluding hydrogens is 335 g/mol. The van der Waals surface area contributed by atoms with Gasteiger partial charge in [0.2, 0.25) is 0 Å². The highest BCUT2D eigenvalue weighted by molar-refractivity contribution is 6.09. The van der Waals surface area contributed by atoms with E-state index in [2.05, 4.69) is 0 Å². The summed E-state index contributed by atoms with van der Waals surface area (Å²) in [6, 6.07) is 20.4. The summed E-state index contributed by atoms with van der Waals surface area (Å²) in [5, 5.41) is 0. The zero-order valence-electron chi connectivity index (χ0n) is 13.7. The molecule has 0 unspecified atom stereocenters. The summed E-state index contributed by atoms with van der Waals surface area (Å²) < 4.78 is 23.4. The largest absolute Gasteiger partial charge is 0.482 e. The van der Waals surface area contributed by atoms with Gasteiger partial charge in [-0.2, -0.15) is 0 Å². The number of carbonyl (C=O) groups excluding carboxylic acids is 2.